The van der Waals surface area contributed by atoms with Crippen molar-refractivity contribution in [1.29, 1.82) is 0 Å². The lowest BCUT2D eigenvalue weighted by atomic mass is 10.0. The average molecular weight is 372 g/mol. The molecule has 142 valence electrons. The topological polar surface area (TPSA) is 62.0 Å². The summed E-state index contributed by atoms with van der Waals surface area (Å²) >= 11 is 0. The van der Waals surface area contributed by atoms with Crippen LogP contribution in [0.4, 0.5) is 11.4 Å². The van der Waals surface area contributed by atoms with Crippen LogP contribution in [0, 0.1) is 0 Å². The van der Waals surface area contributed by atoms with E-state index in [1.807, 2.05) is 60.7 Å². The summed E-state index contributed by atoms with van der Waals surface area (Å²) in [5, 5.41) is 17.5. The van der Waals surface area contributed by atoms with E-state index in [0.717, 1.165) is 34.5 Å². The zero-order valence-corrected chi connectivity index (χ0v) is 16.0. The Hall–Kier alpha value is -3.27. The molecule has 0 aliphatic rings. The van der Waals surface area contributed by atoms with Crippen LogP contribution < -0.4 is 0 Å². The van der Waals surface area contributed by atoms with Crippen LogP contribution in [0.15, 0.2) is 83.0 Å². The fraction of sp³-hybridized carbons (Fsp3) is 0.208. The molecule has 4 heteroatoms. The molecule has 3 aromatic carbocycles. The minimum Gasteiger partial charge on any atom is -0.481 e. The monoisotopic (exact) mass is 372 g/mol. The number of hydrogen-bond donors (Lipinski definition) is 1. The second kappa shape index (κ2) is 9.60. The van der Waals surface area contributed by atoms with E-state index in [2.05, 4.69) is 29.3 Å². The van der Waals surface area contributed by atoms with E-state index in [1.165, 1.54) is 18.4 Å². The van der Waals surface area contributed by atoms with Crippen molar-refractivity contribution in [2.45, 2.75) is 32.6 Å². The number of carboxylic acid groups (broad SMARTS) is 1. The van der Waals surface area contributed by atoms with Crippen molar-refractivity contribution >= 4 is 17.3 Å². The number of aryl methyl sites for hydroxylation is 1. The molecule has 0 radical (unpaired) electrons. The van der Waals surface area contributed by atoms with E-state index in [1.54, 1.807) is 0 Å². The minimum absolute atomic E-state index is 0.0409. The van der Waals surface area contributed by atoms with Gasteiger partial charge in [0.15, 0.2) is 0 Å². The van der Waals surface area contributed by atoms with Crippen molar-refractivity contribution < 1.29 is 9.90 Å². The first-order valence-corrected chi connectivity index (χ1v) is 9.56. The third kappa shape index (κ3) is 5.61. The van der Waals surface area contributed by atoms with Gasteiger partial charge >= 0.3 is 5.97 Å². The van der Waals surface area contributed by atoms with Gasteiger partial charge in [-0.15, -0.1) is 0 Å². The molecule has 0 atom stereocenters. The van der Waals surface area contributed by atoms with E-state index in [0.29, 0.717) is 0 Å². The second-order valence-electron chi connectivity index (χ2n) is 6.78. The number of azo groups is 1. The molecule has 0 spiro atoms. The maximum Gasteiger partial charge on any atom is 0.307 e. The molecule has 0 saturated heterocycles. The third-order valence-electron chi connectivity index (χ3n) is 4.55. The lowest BCUT2D eigenvalue weighted by molar-refractivity contribution is -0.136. The summed E-state index contributed by atoms with van der Waals surface area (Å²) in [7, 11) is 0. The van der Waals surface area contributed by atoms with E-state index in [-0.39, 0.29) is 6.42 Å². The van der Waals surface area contributed by atoms with Gasteiger partial charge in [0.2, 0.25) is 0 Å². The SMILES string of the molecule is CCCCc1ccc(N=Nc2ccc(-c3ccc(CC(=O)O)cc3)cc2)cc1. The predicted molar refractivity (Wildman–Crippen MR) is 112 cm³/mol. The molecule has 4 nitrogen and oxygen atoms in total. The first-order valence-electron chi connectivity index (χ1n) is 9.56. The number of benzene rings is 3. The Bertz CT molecular complexity index is 928. The molecule has 0 aliphatic heterocycles. The first-order chi connectivity index (χ1) is 13.6. The lowest BCUT2D eigenvalue weighted by Crippen LogP contribution is -1.99. The Morgan fingerprint density at radius 2 is 1.21 bits per heavy atom. The molecule has 0 fully saturated rings. The maximum absolute atomic E-state index is 10.8. The van der Waals surface area contributed by atoms with Crippen molar-refractivity contribution in [3.05, 3.63) is 83.9 Å². The summed E-state index contributed by atoms with van der Waals surface area (Å²) < 4.78 is 0. The van der Waals surface area contributed by atoms with Gasteiger partial charge < -0.3 is 5.11 Å². The van der Waals surface area contributed by atoms with Gasteiger partial charge in [-0.3, -0.25) is 4.79 Å². The number of carbonyl (C=O) groups is 1. The largest absolute Gasteiger partial charge is 0.481 e. The molecular formula is C24H24N2O2. The summed E-state index contributed by atoms with van der Waals surface area (Å²) in [4.78, 5) is 10.8. The Kier molecular flexibility index (Phi) is 6.68. The summed E-state index contributed by atoms with van der Waals surface area (Å²) in [5.74, 6) is -0.821. The molecule has 0 amide bonds. The van der Waals surface area contributed by atoms with Crippen molar-refractivity contribution in [3.63, 3.8) is 0 Å². The molecule has 3 aromatic rings. The fourth-order valence-electron chi connectivity index (χ4n) is 2.94. The van der Waals surface area contributed by atoms with Crippen LogP contribution in [0.1, 0.15) is 30.9 Å². The van der Waals surface area contributed by atoms with Crippen LogP contribution in [-0.4, -0.2) is 11.1 Å². The number of carboxylic acids is 1. The van der Waals surface area contributed by atoms with E-state index in [9.17, 15) is 4.79 Å². The van der Waals surface area contributed by atoms with Crippen LogP contribution in [0.5, 0.6) is 0 Å². The molecule has 0 aliphatic carbocycles. The summed E-state index contributed by atoms with van der Waals surface area (Å²) in [6.07, 6.45) is 3.55. The number of rotatable bonds is 8. The quantitative estimate of drug-likeness (QED) is 0.445. The molecular weight excluding hydrogens is 348 g/mol. The van der Waals surface area contributed by atoms with Crippen LogP contribution in [0.25, 0.3) is 11.1 Å². The normalized spacial score (nSPS) is 11.0. The predicted octanol–water partition coefficient (Wildman–Crippen LogP) is 6.74. The number of unbranched alkanes of at least 4 members (excludes halogenated alkanes) is 1. The van der Waals surface area contributed by atoms with Crippen molar-refractivity contribution in [2.75, 3.05) is 0 Å². The molecule has 28 heavy (non-hydrogen) atoms. The number of aliphatic carboxylic acids is 1. The highest BCUT2D eigenvalue weighted by atomic mass is 16.4. The summed E-state index contributed by atoms with van der Waals surface area (Å²) in [5.41, 5.74) is 5.86. The second-order valence-corrected chi connectivity index (χ2v) is 6.78. The third-order valence-corrected chi connectivity index (χ3v) is 4.55. The van der Waals surface area contributed by atoms with E-state index >= 15 is 0 Å². The van der Waals surface area contributed by atoms with Gasteiger partial charge in [0.25, 0.3) is 0 Å². The van der Waals surface area contributed by atoms with Crippen molar-refractivity contribution in [1.82, 2.24) is 0 Å². The standard InChI is InChI=1S/C24H24N2O2/c1-2-3-4-18-7-13-22(14-8-18)25-26-23-15-11-21(12-16-23)20-9-5-19(6-10-20)17-24(27)28/h5-16H,2-4,17H2,1H3,(H,27,28). The van der Waals surface area contributed by atoms with Crippen LogP contribution >= 0.6 is 0 Å². The number of nitrogens with zero attached hydrogens (tertiary/aromatic N) is 2. The molecule has 1 N–H and O–H groups in total. The van der Waals surface area contributed by atoms with Crippen LogP contribution in [0.3, 0.4) is 0 Å². The van der Waals surface area contributed by atoms with Gasteiger partial charge in [-0.05, 0) is 59.4 Å². The highest BCUT2D eigenvalue weighted by Gasteiger charge is 2.02. The van der Waals surface area contributed by atoms with Crippen molar-refractivity contribution in [3.8, 4) is 11.1 Å². The van der Waals surface area contributed by atoms with Gasteiger partial charge in [-0.25, -0.2) is 0 Å². The molecule has 0 heterocycles. The van der Waals surface area contributed by atoms with Gasteiger partial charge in [0.05, 0.1) is 17.8 Å². The van der Waals surface area contributed by atoms with Gasteiger partial charge in [-0.2, -0.15) is 10.2 Å². The van der Waals surface area contributed by atoms with E-state index < -0.39 is 5.97 Å². The zero-order chi connectivity index (χ0) is 19.8. The molecule has 0 aromatic heterocycles. The Labute approximate surface area is 165 Å². The average Bonchev–Trinajstić information content (AvgIpc) is 2.72. The van der Waals surface area contributed by atoms with Gasteiger partial charge in [0, 0.05) is 0 Å². The molecule has 0 unspecified atom stereocenters. The van der Waals surface area contributed by atoms with Crippen LogP contribution in [0.2, 0.25) is 0 Å². The highest BCUT2D eigenvalue weighted by molar-refractivity contribution is 5.71. The Morgan fingerprint density at radius 3 is 1.71 bits per heavy atom. The Balaban J connectivity index is 1.63. The van der Waals surface area contributed by atoms with Gasteiger partial charge in [-0.1, -0.05) is 61.9 Å². The molecule has 0 bridgehead atoms. The zero-order valence-electron chi connectivity index (χ0n) is 16.0. The fourth-order valence-corrected chi connectivity index (χ4v) is 2.94. The molecule has 0 saturated carbocycles. The summed E-state index contributed by atoms with van der Waals surface area (Å²) in [6.45, 7) is 2.20. The van der Waals surface area contributed by atoms with Gasteiger partial charge in [0.1, 0.15) is 0 Å². The maximum atomic E-state index is 10.8. The smallest absolute Gasteiger partial charge is 0.307 e. The van der Waals surface area contributed by atoms with Crippen molar-refractivity contribution in [2.24, 2.45) is 10.2 Å². The highest BCUT2D eigenvalue weighted by Crippen LogP contribution is 2.25. The van der Waals surface area contributed by atoms with Crippen LogP contribution in [-0.2, 0) is 17.6 Å². The number of hydrogen-bond acceptors (Lipinski definition) is 3. The Morgan fingerprint density at radius 1 is 0.750 bits per heavy atom. The first kappa shape index (κ1) is 19.5. The van der Waals surface area contributed by atoms with E-state index in [4.69, 9.17) is 5.11 Å². The molecule has 3 rings (SSSR count). The summed E-state index contributed by atoms with van der Waals surface area (Å²) in [6, 6.07) is 23.7. The lowest BCUT2D eigenvalue weighted by Gasteiger charge is -2.04. The minimum atomic E-state index is -0.821.